The highest BCUT2D eigenvalue weighted by molar-refractivity contribution is 5.76. The van der Waals surface area contributed by atoms with Crippen LogP contribution in [0.3, 0.4) is 0 Å². The normalized spacial score (nSPS) is 23.4. The van der Waals surface area contributed by atoms with E-state index in [1.807, 2.05) is 6.08 Å². The Bertz CT molecular complexity index is 1490. The van der Waals surface area contributed by atoms with Crippen molar-refractivity contribution >= 4 is 5.91 Å². The fourth-order valence-electron chi connectivity index (χ4n) is 12.6. The molecule has 0 aromatic rings. The average Bonchev–Trinajstić information content (AvgIpc) is 3.48. The zero-order valence-corrected chi connectivity index (χ0v) is 55.6. The molecule has 2 heterocycles. The van der Waals surface area contributed by atoms with Gasteiger partial charge in [0, 0.05) is 6.42 Å². The van der Waals surface area contributed by atoms with Gasteiger partial charge in [0.2, 0.25) is 5.91 Å². The lowest BCUT2D eigenvalue weighted by molar-refractivity contribution is -0.359. The van der Waals surface area contributed by atoms with E-state index in [-0.39, 0.29) is 18.9 Å². The minimum atomic E-state index is -1.79. The monoisotopic (exact) mass is 1230 g/mol. The zero-order chi connectivity index (χ0) is 62.3. The molecule has 12 atom stereocenters. The van der Waals surface area contributed by atoms with E-state index in [0.29, 0.717) is 0 Å². The van der Waals surface area contributed by atoms with Crippen LogP contribution in [-0.2, 0) is 23.7 Å². The van der Waals surface area contributed by atoms with E-state index in [9.17, 15) is 45.6 Å². The Hall–Kier alpha value is -1.27. The molecule has 0 aromatic carbocycles. The van der Waals surface area contributed by atoms with E-state index in [1.54, 1.807) is 6.08 Å². The molecule has 2 aliphatic heterocycles. The molecule has 9 N–H and O–H groups in total. The summed E-state index contributed by atoms with van der Waals surface area (Å²) in [6, 6.07) is -0.911. The molecule has 0 bridgehead atoms. The lowest BCUT2D eigenvalue weighted by Gasteiger charge is -2.46. The standard InChI is InChI=1S/C72H139NO13/c1-3-5-7-9-11-13-15-17-19-21-23-25-27-29-30-31-32-34-36-38-40-42-44-46-48-50-52-54-56-64(77)73-60(59-83-71-69(82)67(80)70(63(58-75)85-71)86-72-68(81)66(79)65(78)62(57-74)84-72)61(76)55-53-51-49-47-45-43-41-39-37-35-33-28-26-24-22-20-18-16-14-12-10-8-6-4-2/h53,55,60-63,65-72,74-76,78-82H,3-52,54,56-59H2,1-2H3,(H,73,77)/b55-53+. The Labute approximate surface area is 526 Å². The molecule has 86 heavy (non-hydrogen) atoms. The summed E-state index contributed by atoms with van der Waals surface area (Å²) in [7, 11) is 0. The number of aliphatic hydroxyl groups is 8. The van der Waals surface area contributed by atoms with Crippen LogP contribution in [0, 0.1) is 0 Å². The molecule has 12 unspecified atom stereocenters. The van der Waals surface area contributed by atoms with Crippen molar-refractivity contribution in [2.24, 2.45) is 0 Å². The summed E-state index contributed by atoms with van der Waals surface area (Å²) >= 11 is 0. The third-order valence-electron chi connectivity index (χ3n) is 18.5. The number of ether oxygens (including phenoxy) is 4. The van der Waals surface area contributed by atoms with E-state index >= 15 is 0 Å². The van der Waals surface area contributed by atoms with E-state index in [4.69, 9.17) is 18.9 Å². The van der Waals surface area contributed by atoms with Crippen molar-refractivity contribution in [2.75, 3.05) is 19.8 Å². The van der Waals surface area contributed by atoms with Crippen LogP contribution in [0.2, 0.25) is 0 Å². The quantitative estimate of drug-likeness (QED) is 0.0204. The second-order valence-electron chi connectivity index (χ2n) is 26.4. The molecular weight excluding hydrogens is 1090 g/mol. The molecule has 14 nitrogen and oxygen atoms in total. The Morgan fingerprint density at radius 2 is 0.721 bits per heavy atom. The minimum absolute atomic E-state index is 0.230. The predicted octanol–water partition coefficient (Wildman–Crippen LogP) is 15.4. The summed E-state index contributed by atoms with van der Waals surface area (Å²) in [4.78, 5) is 13.3. The molecule has 0 spiro atoms. The van der Waals surface area contributed by atoms with Crippen LogP contribution in [-0.4, -0.2) is 140 Å². The van der Waals surface area contributed by atoms with Crippen LogP contribution in [0.1, 0.15) is 348 Å². The SMILES string of the molecule is CCCCCCCCCCCCCCCCCCCCCCCC/C=C/C(O)C(COC1OC(CO)C(OC2OC(CO)C(O)C(O)C2O)C(O)C1O)NC(=O)CCCCCCCCCCCCCCCCCCCCCCCCCCCCCC. The van der Waals surface area contributed by atoms with Gasteiger partial charge >= 0.3 is 0 Å². The number of allylic oxidation sites excluding steroid dienone is 1. The first kappa shape index (κ1) is 80.8. The number of hydrogen-bond donors (Lipinski definition) is 9. The van der Waals surface area contributed by atoms with Crippen molar-refractivity contribution in [2.45, 2.75) is 421 Å². The lowest BCUT2D eigenvalue weighted by atomic mass is 9.97. The van der Waals surface area contributed by atoms with Crippen LogP contribution in [0.5, 0.6) is 0 Å². The number of unbranched alkanes of at least 4 members (excludes halogenated alkanes) is 49. The van der Waals surface area contributed by atoms with Crippen molar-refractivity contribution in [3.63, 3.8) is 0 Å². The molecular formula is C72H139NO13. The number of carbonyl (C=O) groups is 1. The molecule has 2 fully saturated rings. The van der Waals surface area contributed by atoms with Gasteiger partial charge in [-0.2, -0.15) is 0 Å². The molecule has 0 radical (unpaired) electrons. The number of hydrogen-bond acceptors (Lipinski definition) is 13. The zero-order valence-electron chi connectivity index (χ0n) is 55.6. The van der Waals surface area contributed by atoms with Crippen LogP contribution in [0.15, 0.2) is 12.2 Å². The van der Waals surface area contributed by atoms with Gasteiger partial charge in [0.1, 0.15) is 48.8 Å². The Morgan fingerprint density at radius 1 is 0.407 bits per heavy atom. The predicted molar refractivity (Wildman–Crippen MR) is 351 cm³/mol. The van der Waals surface area contributed by atoms with Gasteiger partial charge < -0.3 is 65.1 Å². The number of carbonyl (C=O) groups excluding carboxylic acids is 1. The fourth-order valence-corrected chi connectivity index (χ4v) is 12.6. The minimum Gasteiger partial charge on any atom is -0.394 e. The molecule has 2 aliphatic rings. The van der Waals surface area contributed by atoms with Crippen molar-refractivity contribution in [3.05, 3.63) is 12.2 Å². The number of aliphatic hydroxyl groups excluding tert-OH is 8. The van der Waals surface area contributed by atoms with Crippen LogP contribution < -0.4 is 5.32 Å². The fraction of sp³-hybridized carbons (Fsp3) is 0.958. The number of amides is 1. The Balaban J connectivity index is 1.65. The van der Waals surface area contributed by atoms with Crippen molar-refractivity contribution in [1.29, 1.82) is 0 Å². The van der Waals surface area contributed by atoms with Gasteiger partial charge in [0.05, 0.1) is 32.0 Å². The summed E-state index contributed by atoms with van der Waals surface area (Å²) in [5.74, 6) is -0.230. The van der Waals surface area contributed by atoms with Crippen LogP contribution in [0.25, 0.3) is 0 Å². The van der Waals surface area contributed by atoms with Gasteiger partial charge in [0.15, 0.2) is 12.6 Å². The first-order chi connectivity index (χ1) is 42.1. The summed E-state index contributed by atoms with van der Waals surface area (Å²) in [6.45, 7) is 2.87. The highest BCUT2D eigenvalue weighted by Crippen LogP contribution is 2.30. The smallest absolute Gasteiger partial charge is 0.220 e. The van der Waals surface area contributed by atoms with E-state index < -0.39 is 86.8 Å². The van der Waals surface area contributed by atoms with Crippen molar-refractivity contribution < 1.29 is 64.6 Å². The Kier molecular flexibility index (Phi) is 54.1. The molecule has 2 rings (SSSR count). The van der Waals surface area contributed by atoms with Gasteiger partial charge in [-0.05, 0) is 19.3 Å². The molecule has 14 heteroatoms. The first-order valence-corrected chi connectivity index (χ1v) is 36.9. The summed E-state index contributed by atoms with van der Waals surface area (Å²) in [5, 5.41) is 87.5. The third kappa shape index (κ3) is 41.3. The molecule has 510 valence electrons. The summed E-state index contributed by atoms with van der Waals surface area (Å²) < 4.78 is 22.9. The Morgan fingerprint density at radius 3 is 1.07 bits per heavy atom. The van der Waals surface area contributed by atoms with Gasteiger partial charge in [-0.15, -0.1) is 0 Å². The maximum Gasteiger partial charge on any atom is 0.220 e. The maximum atomic E-state index is 13.3. The van der Waals surface area contributed by atoms with Gasteiger partial charge in [0.25, 0.3) is 0 Å². The summed E-state index contributed by atoms with van der Waals surface area (Å²) in [6.07, 6.45) is 54.2. The van der Waals surface area contributed by atoms with Crippen LogP contribution in [0.4, 0.5) is 0 Å². The van der Waals surface area contributed by atoms with Gasteiger partial charge in [-0.1, -0.05) is 334 Å². The molecule has 0 aliphatic carbocycles. The summed E-state index contributed by atoms with van der Waals surface area (Å²) in [5.41, 5.74) is 0. The molecule has 1 amide bonds. The number of nitrogens with one attached hydrogen (secondary N) is 1. The maximum absolute atomic E-state index is 13.3. The number of rotatable bonds is 62. The van der Waals surface area contributed by atoms with E-state index in [0.717, 1.165) is 44.9 Å². The second-order valence-corrected chi connectivity index (χ2v) is 26.4. The highest BCUT2D eigenvalue weighted by atomic mass is 16.7. The van der Waals surface area contributed by atoms with Crippen molar-refractivity contribution in [1.82, 2.24) is 5.32 Å². The lowest BCUT2D eigenvalue weighted by Crippen LogP contribution is -2.65. The topological polar surface area (TPSA) is 228 Å². The van der Waals surface area contributed by atoms with E-state index in [1.165, 1.54) is 283 Å². The van der Waals surface area contributed by atoms with Crippen LogP contribution >= 0.6 is 0 Å². The van der Waals surface area contributed by atoms with Gasteiger partial charge in [-0.3, -0.25) is 4.79 Å². The second kappa shape index (κ2) is 57.6. The molecule has 2 saturated heterocycles. The highest BCUT2D eigenvalue weighted by Gasteiger charge is 2.51. The molecule has 0 aromatic heterocycles. The van der Waals surface area contributed by atoms with E-state index in [2.05, 4.69) is 19.2 Å². The first-order valence-electron chi connectivity index (χ1n) is 36.9. The largest absolute Gasteiger partial charge is 0.394 e. The van der Waals surface area contributed by atoms with Crippen molar-refractivity contribution in [3.8, 4) is 0 Å². The third-order valence-corrected chi connectivity index (χ3v) is 18.5. The average molecular weight is 1230 g/mol. The van der Waals surface area contributed by atoms with Gasteiger partial charge in [-0.25, -0.2) is 0 Å². The molecule has 0 saturated carbocycles.